The number of likely N-dealkylation sites (N-methyl/N-ethyl adjacent to an activating group) is 1. The molecule has 10 heteroatoms. The number of thioether (sulfide) groups is 1. The lowest BCUT2D eigenvalue weighted by Gasteiger charge is -2.40. The summed E-state index contributed by atoms with van der Waals surface area (Å²) in [7, 11) is 2.16. The molecule has 35 heavy (non-hydrogen) atoms. The van der Waals surface area contributed by atoms with Gasteiger partial charge in [0.05, 0.1) is 23.2 Å². The highest BCUT2D eigenvalue weighted by Gasteiger charge is 2.39. The number of amides is 1. The third-order valence-corrected chi connectivity index (χ3v) is 9.11. The first kappa shape index (κ1) is 25.0. The van der Waals surface area contributed by atoms with Gasteiger partial charge in [-0.1, -0.05) is 0 Å². The van der Waals surface area contributed by atoms with Crippen LogP contribution in [0, 0.1) is 5.92 Å². The van der Waals surface area contributed by atoms with Gasteiger partial charge < -0.3 is 15.0 Å². The highest BCUT2D eigenvalue weighted by Crippen LogP contribution is 2.35. The molecule has 3 heterocycles. The van der Waals surface area contributed by atoms with Gasteiger partial charge in [-0.2, -0.15) is 11.8 Å². The molecule has 5 rings (SSSR count). The van der Waals surface area contributed by atoms with E-state index in [1.165, 1.54) is 6.08 Å². The summed E-state index contributed by atoms with van der Waals surface area (Å²) in [4.78, 5) is 26.6. The Morgan fingerprint density at radius 3 is 2.54 bits per heavy atom. The number of allylic oxidation sites excluding steroid dienone is 2. The number of carbonyl (C=O) groups is 1. The van der Waals surface area contributed by atoms with Gasteiger partial charge in [0, 0.05) is 50.7 Å². The van der Waals surface area contributed by atoms with Crippen molar-refractivity contribution in [3.63, 3.8) is 0 Å². The summed E-state index contributed by atoms with van der Waals surface area (Å²) < 4.78 is 35.2. The molecule has 1 atom stereocenters. The van der Waals surface area contributed by atoms with E-state index < -0.39 is 23.5 Å². The third-order valence-electron chi connectivity index (χ3n) is 7.73. The molecule has 1 unspecified atom stereocenters. The van der Waals surface area contributed by atoms with Crippen LogP contribution in [0.1, 0.15) is 38.5 Å². The maximum atomic E-state index is 14.9. The van der Waals surface area contributed by atoms with Crippen LogP contribution in [0.5, 0.6) is 0 Å². The van der Waals surface area contributed by atoms with Crippen molar-refractivity contribution >= 4 is 29.2 Å². The molecule has 1 N–H and O–H groups in total. The van der Waals surface area contributed by atoms with Crippen LogP contribution < -0.4 is 5.32 Å². The van der Waals surface area contributed by atoms with Gasteiger partial charge in [-0.05, 0) is 51.6 Å². The Kier molecular flexibility index (Phi) is 8.01. The number of hydrogen-bond donors (Lipinski definition) is 1. The van der Waals surface area contributed by atoms with Crippen LogP contribution in [0.25, 0.3) is 0 Å². The van der Waals surface area contributed by atoms with E-state index in [0.29, 0.717) is 22.9 Å². The first-order valence-electron chi connectivity index (χ1n) is 12.8. The lowest BCUT2D eigenvalue weighted by Crippen LogP contribution is -2.50. The maximum absolute atomic E-state index is 14.9. The number of fused-ring (bicyclic) bond motifs is 1. The first-order valence-corrected chi connectivity index (χ1v) is 13.9. The lowest BCUT2D eigenvalue weighted by atomic mass is 9.89. The van der Waals surface area contributed by atoms with E-state index >= 15 is 0 Å². The van der Waals surface area contributed by atoms with E-state index in [1.54, 1.807) is 11.8 Å². The minimum absolute atomic E-state index is 0.00770. The Labute approximate surface area is 210 Å². The quantitative estimate of drug-likeness (QED) is 0.620. The number of nitrogens with one attached hydrogen (secondary N) is 1. The smallest absolute Gasteiger partial charge is 0.241 e. The number of carbonyl (C=O) groups excluding carboxylic acids is 1. The Morgan fingerprint density at radius 2 is 1.83 bits per heavy atom. The van der Waals surface area contributed by atoms with Crippen molar-refractivity contribution in [2.75, 3.05) is 52.2 Å². The van der Waals surface area contributed by atoms with Gasteiger partial charge >= 0.3 is 0 Å². The number of aliphatic imine (C=N–C) groups is 2. The van der Waals surface area contributed by atoms with Crippen LogP contribution in [0.15, 0.2) is 33.4 Å². The van der Waals surface area contributed by atoms with E-state index in [-0.39, 0.29) is 17.5 Å². The fraction of sp³-hybridized carbons (Fsp3) is 0.720. The summed E-state index contributed by atoms with van der Waals surface area (Å²) >= 11 is 1.72. The fourth-order valence-corrected chi connectivity index (χ4v) is 6.60. The van der Waals surface area contributed by atoms with Gasteiger partial charge in [0.2, 0.25) is 5.91 Å². The molecule has 0 bridgehead atoms. The van der Waals surface area contributed by atoms with Crippen molar-refractivity contribution in [1.82, 2.24) is 15.1 Å². The SMILES string of the molecule is CN1CCN(C2CCC(N=C3C=C4N=C(CSC5CCOCC5)NC(=O)C4C(F)=C3F)CC2)CC1. The zero-order valence-electron chi connectivity index (χ0n) is 20.3. The van der Waals surface area contributed by atoms with Crippen LogP contribution >= 0.6 is 11.8 Å². The summed E-state index contributed by atoms with van der Waals surface area (Å²) in [6.07, 6.45) is 7.17. The van der Waals surface area contributed by atoms with Crippen LogP contribution in [-0.4, -0.2) is 96.8 Å². The molecule has 0 aromatic heterocycles. The van der Waals surface area contributed by atoms with E-state index in [2.05, 4.69) is 32.1 Å². The predicted octanol–water partition coefficient (Wildman–Crippen LogP) is 3.09. The van der Waals surface area contributed by atoms with Gasteiger partial charge in [-0.25, -0.2) is 13.8 Å². The summed E-state index contributed by atoms with van der Waals surface area (Å²) in [6.45, 7) is 5.86. The second kappa shape index (κ2) is 11.2. The molecule has 5 aliphatic rings. The molecule has 3 fully saturated rings. The molecule has 192 valence electrons. The van der Waals surface area contributed by atoms with E-state index in [1.807, 2.05) is 0 Å². The number of amidine groups is 1. The second-order valence-corrected chi connectivity index (χ2v) is 11.4. The molecule has 0 aromatic carbocycles. The molecule has 0 spiro atoms. The maximum Gasteiger partial charge on any atom is 0.241 e. The predicted molar refractivity (Wildman–Crippen MR) is 135 cm³/mol. The van der Waals surface area contributed by atoms with Crippen molar-refractivity contribution in [2.24, 2.45) is 15.9 Å². The van der Waals surface area contributed by atoms with E-state index in [9.17, 15) is 13.6 Å². The number of piperazine rings is 1. The number of halogens is 2. The monoisotopic (exact) mass is 507 g/mol. The van der Waals surface area contributed by atoms with Gasteiger partial charge in [0.15, 0.2) is 11.7 Å². The lowest BCUT2D eigenvalue weighted by molar-refractivity contribution is -0.122. The highest BCUT2D eigenvalue weighted by atomic mass is 32.2. The third kappa shape index (κ3) is 5.87. The van der Waals surface area contributed by atoms with Crippen LogP contribution in [-0.2, 0) is 9.53 Å². The molecular formula is C25H35F2N5O2S. The Morgan fingerprint density at radius 1 is 1.11 bits per heavy atom. The van der Waals surface area contributed by atoms with Crippen LogP contribution in [0.3, 0.4) is 0 Å². The molecule has 7 nitrogen and oxygen atoms in total. The molecule has 1 saturated carbocycles. The van der Waals surface area contributed by atoms with Crippen LogP contribution in [0.2, 0.25) is 0 Å². The first-order chi connectivity index (χ1) is 17.0. The van der Waals surface area contributed by atoms with Crippen LogP contribution in [0.4, 0.5) is 8.78 Å². The summed E-state index contributed by atoms with van der Waals surface area (Å²) in [5.41, 5.74) is 0.242. The zero-order valence-corrected chi connectivity index (χ0v) is 21.2. The summed E-state index contributed by atoms with van der Waals surface area (Å²) in [5, 5.41) is 3.12. The second-order valence-electron chi connectivity index (χ2n) is 10.2. The van der Waals surface area contributed by atoms with Gasteiger partial charge in [-0.15, -0.1) is 0 Å². The van der Waals surface area contributed by atoms with Gasteiger partial charge in [-0.3, -0.25) is 14.7 Å². The molecular weight excluding hydrogens is 472 g/mol. The number of nitrogens with zero attached hydrogens (tertiary/aromatic N) is 4. The molecule has 3 aliphatic heterocycles. The number of hydrogen-bond acceptors (Lipinski definition) is 7. The van der Waals surface area contributed by atoms with E-state index in [4.69, 9.17) is 4.74 Å². The van der Waals surface area contributed by atoms with Crippen molar-refractivity contribution in [3.8, 4) is 0 Å². The number of rotatable bonds is 5. The standard InChI is InChI=1S/C25H35F2N5O2S/c1-31-8-10-32(11-9-31)17-4-2-16(3-5-17)28-20-14-19-22(24(27)23(20)26)25(33)30-21(29-19)15-35-18-6-12-34-13-7-18/h14,16-18,22H,2-13,15H2,1H3,(H,29,30,33). The largest absolute Gasteiger partial charge is 0.381 e. The van der Waals surface area contributed by atoms with Gasteiger partial charge in [0.25, 0.3) is 0 Å². The Bertz CT molecular complexity index is 930. The Balaban J connectivity index is 1.24. The molecule has 2 aliphatic carbocycles. The van der Waals surface area contributed by atoms with Crippen molar-refractivity contribution in [1.29, 1.82) is 0 Å². The summed E-state index contributed by atoms with van der Waals surface area (Å²) in [6, 6.07) is 0.513. The fourth-order valence-electron chi connectivity index (χ4n) is 5.55. The van der Waals surface area contributed by atoms with Crippen molar-refractivity contribution in [2.45, 2.75) is 55.9 Å². The molecule has 2 saturated heterocycles. The molecule has 0 radical (unpaired) electrons. The molecule has 1 amide bonds. The Hall–Kier alpha value is -1.62. The highest BCUT2D eigenvalue weighted by molar-refractivity contribution is 8.00. The average molecular weight is 508 g/mol. The average Bonchev–Trinajstić information content (AvgIpc) is 2.87. The topological polar surface area (TPSA) is 69.5 Å². The zero-order chi connectivity index (χ0) is 24.4. The van der Waals surface area contributed by atoms with Crippen molar-refractivity contribution in [3.05, 3.63) is 23.4 Å². The minimum Gasteiger partial charge on any atom is -0.381 e. The van der Waals surface area contributed by atoms with E-state index in [0.717, 1.165) is 77.9 Å². The van der Waals surface area contributed by atoms with Gasteiger partial charge in [0.1, 0.15) is 11.8 Å². The number of ether oxygens (including phenoxy) is 1. The minimum atomic E-state index is -1.32. The summed E-state index contributed by atoms with van der Waals surface area (Å²) in [5.74, 6) is -2.96. The molecule has 0 aromatic rings. The normalized spacial score (nSPS) is 32.8. The van der Waals surface area contributed by atoms with Crippen molar-refractivity contribution < 1.29 is 18.3 Å².